The summed E-state index contributed by atoms with van der Waals surface area (Å²) in [5.74, 6) is 0.702. The number of unbranched alkanes of at least 4 members (excludes halogenated alkanes) is 1. The number of hydrogen-bond donors (Lipinski definition) is 2. The molecule has 106 valence electrons. The van der Waals surface area contributed by atoms with Crippen LogP contribution in [0.15, 0.2) is 24.3 Å². The maximum Gasteiger partial charge on any atom is 0.170 e. The molecule has 19 heavy (non-hydrogen) atoms. The van der Waals surface area contributed by atoms with Gasteiger partial charge in [0.05, 0.1) is 0 Å². The van der Waals surface area contributed by atoms with Crippen molar-refractivity contribution in [1.29, 1.82) is 0 Å². The predicted octanol–water partition coefficient (Wildman–Crippen LogP) is 4.36. The normalized spacial score (nSPS) is 10.5. The summed E-state index contributed by atoms with van der Waals surface area (Å²) in [7, 11) is 0. The van der Waals surface area contributed by atoms with Crippen molar-refractivity contribution < 1.29 is 0 Å². The fourth-order valence-electron chi connectivity index (χ4n) is 1.79. The second kappa shape index (κ2) is 8.92. The molecule has 0 aromatic heterocycles. The van der Waals surface area contributed by atoms with Gasteiger partial charge in [-0.1, -0.05) is 39.3 Å². The number of nitrogens with one attached hydrogen (secondary N) is 2. The molecule has 0 heterocycles. The van der Waals surface area contributed by atoms with Crippen LogP contribution in [0.5, 0.6) is 0 Å². The minimum atomic E-state index is 0.702. The van der Waals surface area contributed by atoms with Gasteiger partial charge >= 0.3 is 0 Å². The molecular weight excluding hydrogens is 252 g/mol. The lowest BCUT2D eigenvalue weighted by Crippen LogP contribution is -2.29. The predicted molar refractivity (Wildman–Crippen MR) is 88.7 cm³/mol. The van der Waals surface area contributed by atoms with Gasteiger partial charge in [0.15, 0.2) is 5.11 Å². The zero-order chi connectivity index (χ0) is 14.1. The van der Waals surface area contributed by atoms with Crippen LogP contribution in [0.25, 0.3) is 0 Å². The molecule has 0 aliphatic rings. The first-order valence-electron chi connectivity index (χ1n) is 7.25. The quantitative estimate of drug-likeness (QED) is 0.725. The number of anilines is 1. The molecule has 0 saturated carbocycles. The van der Waals surface area contributed by atoms with Gasteiger partial charge in [-0.25, -0.2) is 0 Å². The van der Waals surface area contributed by atoms with Crippen molar-refractivity contribution in [3.05, 3.63) is 29.8 Å². The van der Waals surface area contributed by atoms with Crippen LogP contribution in [-0.2, 0) is 6.42 Å². The Morgan fingerprint density at radius 2 is 1.89 bits per heavy atom. The van der Waals surface area contributed by atoms with Crippen molar-refractivity contribution in [2.24, 2.45) is 5.92 Å². The molecule has 0 fully saturated rings. The zero-order valence-corrected chi connectivity index (χ0v) is 13.1. The summed E-state index contributed by atoms with van der Waals surface area (Å²) in [6.07, 6.45) is 4.79. The van der Waals surface area contributed by atoms with Crippen molar-refractivity contribution in [3.8, 4) is 0 Å². The SMILES string of the molecule is CCCCc1ccc(NC(=S)NCCC(C)C)cc1. The number of hydrogen-bond acceptors (Lipinski definition) is 1. The molecule has 0 aliphatic carbocycles. The van der Waals surface area contributed by atoms with Gasteiger partial charge < -0.3 is 10.6 Å². The van der Waals surface area contributed by atoms with E-state index in [0.717, 1.165) is 25.1 Å². The summed E-state index contributed by atoms with van der Waals surface area (Å²) in [4.78, 5) is 0. The van der Waals surface area contributed by atoms with Crippen molar-refractivity contribution in [3.63, 3.8) is 0 Å². The molecule has 2 nitrogen and oxygen atoms in total. The van der Waals surface area contributed by atoms with Gasteiger partial charge in [0, 0.05) is 12.2 Å². The molecular formula is C16H26N2S. The van der Waals surface area contributed by atoms with Crippen LogP contribution in [0.1, 0.15) is 45.6 Å². The number of rotatable bonds is 7. The van der Waals surface area contributed by atoms with E-state index in [1.807, 2.05) is 0 Å². The Hall–Kier alpha value is -1.09. The third-order valence-corrected chi connectivity index (χ3v) is 3.28. The van der Waals surface area contributed by atoms with Crippen LogP contribution in [0.3, 0.4) is 0 Å². The van der Waals surface area contributed by atoms with E-state index in [1.165, 1.54) is 18.4 Å². The Morgan fingerprint density at radius 1 is 1.21 bits per heavy atom. The molecule has 1 aromatic rings. The summed E-state index contributed by atoms with van der Waals surface area (Å²) in [6.45, 7) is 7.58. The lowest BCUT2D eigenvalue weighted by Gasteiger charge is -2.12. The van der Waals surface area contributed by atoms with E-state index in [4.69, 9.17) is 12.2 Å². The number of aryl methyl sites for hydroxylation is 1. The van der Waals surface area contributed by atoms with Crippen LogP contribution in [0, 0.1) is 5.92 Å². The van der Waals surface area contributed by atoms with Gasteiger partial charge in [0.2, 0.25) is 0 Å². The smallest absolute Gasteiger partial charge is 0.170 e. The van der Waals surface area contributed by atoms with Gasteiger partial charge in [0.1, 0.15) is 0 Å². The molecule has 2 N–H and O–H groups in total. The maximum atomic E-state index is 5.27. The van der Waals surface area contributed by atoms with Crippen LogP contribution in [-0.4, -0.2) is 11.7 Å². The Labute approximate surface area is 123 Å². The van der Waals surface area contributed by atoms with E-state index in [2.05, 4.69) is 55.7 Å². The Kier molecular flexibility index (Phi) is 7.49. The summed E-state index contributed by atoms with van der Waals surface area (Å²) < 4.78 is 0. The van der Waals surface area contributed by atoms with E-state index < -0.39 is 0 Å². The lowest BCUT2D eigenvalue weighted by molar-refractivity contribution is 0.579. The van der Waals surface area contributed by atoms with Gasteiger partial charge in [-0.05, 0) is 55.1 Å². The van der Waals surface area contributed by atoms with Crippen LogP contribution >= 0.6 is 12.2 Å². The standard InChI is InChI=1S/C16H26N2S/c1-4-5-6-14-7-9-15(10-8-14)18-16(19)17-12-11-13(2)3/h7-10,13H,4-6,11-12H2,1-3H3,(H2,17,18,19). The molecule has 0 amide bonds. The summed E-state index contributed by atoms with van der Waals surface area (Å²) in [5, 5.41) is 7.16. The molecule has 1 rings (SSSR count). The second-order valence-electron chi connectivity index (χ2n) is 5.36. The number of benzene rings is 1. The van der Waals surface area contributed by atoms with E-state index in [0.29, 0.717) is 11.0 Å². The monoisotopic (exact) mass is 278 g/mol. The minimum Gasteiger partial charge on any atom is -0.362 e. The highest BCUT2D eigenvalue weighted by molar-refractivity contribution is 7.80. The minimum absolute atomic E-state index is 0.702. The molecule has 3 heteroatoms. The first-order valence-corrected chi connectivity index (χ1v) is 7.66. The van der Waals surface area contributed by atoms with Gasteiger partial charge in [0.25, 0.3) is 0 Å². The van der Waals surface area contributed by atoms with E-state index in [1.54, 1.807) is 0 Å². The van der Waals surface area contributed by atoms with E-state index >= 15 is 0 Å². The van der Waals surface area contributed by atoms with Crippen LogP contribution in [0.4, 0.5) is 5.69 Å². The average Bonchev–Trinajstić information content (AvgIpc) is 2.37. The highest BCUT2D eigenvalue weighted by atomic mass is 32.1. The highest BCUT2D eigenvalue weighted by Crippen LogP contribution is 2.11. The lowest BCUT2D eigenvalue weighted by atomic mass is 10.1. The van der Waals surface area contributed by atoms with Gasteiger partial charge in [-0.3, -0.25) is 0 Å². The molecule has 0 radical (unpaired) electrons. The molecule has 1 aromatic carbocycles. The third kappa shape index (κ3) is 7.16. The molecule has 0 spiro atoms. The maximum absolute atomic E-state index is 5.27. The van der Waals surface area contributed by atoms with Crippen molar-refractivity contribution >= 4 is 23.0 Å². The van der Waals surface area contributed by atoms with E-state index in [-0.39, 0.29) is 0 Å². The molecule has 0 aliphatic heterocycles. The largest absolute Gasteiger partial charge is 0.362 e. The Bertz CT molecular complexity index is 371. The summed E-state index contributed by atoms with van der Waals surface area (Å²) in [6, 6.07) is 8.55. The summed E-state index contributed by atoms with van der Waals surface area (Å²) in [5.41, 5.74) is 2.45. The first kappa shape index (κ1) is 16.0. The van der Waals surface area contributed by atoms with Crippen molar-refractivity contribution in [2.75, 3.05) is 11.9 Å². The number of thiocarbonyl (C=S) groups is 1. The fourth-order valence-corrected chi connectivity index (χ4v) is 2.01. The Morgan fingerprint density at radius 3 is 2.47 bits per heavy atom. The molecule has 0 atom stereocenters. The Balaban J connectivity index is 2.33. The topological polar surface area (TPSA) is 24.1 Å². The van der Waals surface area contributed by atoms with Crippen LogP contribution in [0.2, 0.25) is 0 Å². The zero-order valence-electron chi connectivity index (χ0n) is 12.3. The molecule has 0 bridgehead atoms. The average molecular weight is 278 g/mol. The molecule has 0 unspecified atom stereocenters. The van der Waals surface area contributed by atoms with Crippen LogP contribution < -0.4 is 10.6 Å². The van der Waals surface area contributed by atoms with Crippen molar-refractivity contribution in [2.45, 2.75) is 46.5 Å². The fraction of sp³-hybridized carbons (Fsp3) is 0.562. The van der Waals surface area contributed by atoms with E-state index in [9.17, 15) is 0 Å². The molecule has 0 saturated heterocycles. The highest BCUT2D eigenvalue weighted by Gasteiger charge is 1.99. The second-order valence-corrected chi connectivity index (χ2v) is 5.77. The van der Waals surface area contributed by atoms with Gasteiger partial charge in [-0.2, -0.15) is 0 Å². The first-order chi connectivity index (χ1) is 9.11. The third-order valence-electron chi connectivity index (χ3n) is 3.04. The van der Waals surface area contributed by atoms with Crippen molar-refractivity contribution in [1.82, 2.24) is 5.32 Å². The van der Waals surface area contributed by atoms with Gasteiger partial charge in [-0.15, -0.1) is 0 Å². The summed E-state index contributed by atoms with van der Waals surface area (Å²) >= 11 is 5.27.